The molecule has 2 N–H and O–H groups in total. The molecule has 1 aliphatic heterocycles. The summed E-state index contributed by atoms with van der Waals surface area (Å²) in [5.74, 6) is -2.45. The molecule has 0 unspecified atom stereocenters. The molecule has 8 nitrogen and oxygen atoms in total. The second kappa shape index (κ2) is 7.16. The molecule has 0 atom stereocenters. The Balaban J connectivity index is 2.74. The van der Waals surface area contributed by atoms with Crippen molar-refractivity contribution in [2.45, 2.75) is 5.92 Å². The molecule has 134 valence electrons. The smallest absolute Gasteiger partial charge is 0.334 e. The minimum absolute atomic E-state index is 0.0899. The fraction of sp³-hybridized carbons (Fsp3) is 0.294. The van der Waals surface area contributed by atoms with Crippen LogP contribution >= 0.6 is 0 Å². The largest absolute Gasteiger partial charge is 0.496 e. The zero-order valence-electron chi connectivity index (χ0n) is 14.3. The average Bonchev–Trinajstić information content (AvgIpc) is 2.59. The van der Waals surface area contributed by atoms with E-state index in [1.165, 1.54) is 50.8 Å². The van der Waals surface area contributed by atoms with Gasteiger partial charge in [0.2, 0.25) is 0 Å². The molecule has 0 saturated heterocycles. The molecule has 1 aromatic carbocycles. The minimum Gasteiger partial charge on any atom is -0.496 e. The summed E-state index contributed by atoms with van der Waals surface area (Å²) in [6, 6.07) is 3.06. The van der Waals surface area contributed by atoms with Crippen LogP contribution in [-0.4, -0.2) is 55.4 Å². The van der Waals surface area contributed by atoms with Gasteiger partial charge in [-0.05, 0) is 6.07 Å². The Labute approximate surface area is 144 Å². The van der Waals surface area contributed by atoms with Gasteiger partial charge >= 0.3 is 11.9 Å². The lowest BCUT2D eigenvalue weighted by molar-refractivity contribution is -0.133. The molecule has 1 heterocycles. The maximum atomic E-state index is 11.7. The summed E-state index contributed by atoms with van der Waals surface area (Å²) < 4.78 is 15.8. The number of methoxy groups -OCH3 is 3. The highest BCUT2D eigenvalue weighted by Gasteiger charge is 2.36. The summed E-state index contributed by atoms with van der Waals surface area (Å²) >= 11 is 0. The van der Waals surface area contributed by atoms with Crippen LogP contribution in [0, 0.1) is 0 Å². The molecule has 0 saturated carbocycles. The third-order valence-corrected chi connectivity index (χ3v) is 3.85. The van der Waals surface area contributed by atoms with E-state index in [1.807, 2.05) is 0 Å². The van der Waals surface area contributed by atoms with E-state index in [4.69, 9.17) is 14.2 Å². The molecular weight excluding hydrogens is 330 g/mol. The monoisotopic (exact) mass is 349 g/mol. The first kappa shape index (κ1) is 18.2. The van der Waals surface area contributed by atoms with Gasteiger partial charge in [-0.25, -0.2) is 9.59 Å². The van der Waals surface area contributed by atoms with Crippen LogP contribution < -0.4 is 14.2 Å². The Morgan fingerprint density at radius 3 is 1.72 bits per heavy atom. The van der Waals surface area contributed by atoms with Gasteiger partial charge in [-0.3, -0.25) is 0 Å². The molecule has 8 heteroatoms. The predicted molar refractivity (Wildman–Crippen MR) is 88.0 cm³/mol. The number of benzene rings is 1. The van der Waals surface area contributed by atoms with Gasteiger partial charge in [-0.15, -0.1) is 0 Å². The van der Waals surface area contributed by atoms with Crippen molar-refractivity contribution in [1.29, 1.82) is 0 Å². The maximum absolute atomic E-state index is 11.7. The van der Waals surface area contributed by atoms with E-state index < -0.39 is 17.9 Å². The van der Waals surface area contributed by atoms with Gasteiger partial charge in [0.05, 0.1) is 38.4 Å². The minimum atomic E-state index is -1.22. The lowest BCUT2D eigenvalue weighted by atomic mass is 9.82. The van der Waals surface area contributed by atoms with Crippen molar-refractivity contribution in [2.75, 3.05) is 28.4 Å². The van der Waals surface area contributed by atoms with E-state index in [1.54, 1.807) is 7.05 Å². The van der Waals surface area contributed by atoms with Gasteiger partial charge in [-0.2, -0.15) is 0 Å². The van der Waals surface area contributed by atoms with E-state index in [0.29, 0.717) is 22.8 Å². The average molecular weight is 349 g/mol. The topological polar surface area (TPSA) is 106 Å². The first-order valence-corrected chi connectivity index (χ1v) is 7.25. The number of carbonyl (C=O) groups is 2. The van der Waals surface area contributed by atoms with E-state index in [0.717, 1.165) is 0 Å². The van der Waals surface area contributed by atoms with Crippen LogP contribution in [0.15, 0.2) is 35.7 Å². The molecule has 1 aliphatic rings. The van der Waals surface area contributed by atoms with E-state index >= 15 is 0 Å². The first-order valence-electron chi connectivity index (χ1n) is 7.25. The number of ether oxygens (including phenoxy) is 3. The van der Waals surface area contributed by atoms with Gasteiger partial charge in [0, 0.05) is 31.1 Å². The zero-order chi connectivity index (χ0) is 18.7. The Hall–Kier alpha value is -3.16. The molecule has 0 spiro atoms. The van der Waals surface area contributed by atoms with Gasteiger partial charge in [0.1, 0.15) is 5.75 Å². The number of hydrogen-bond acceptors (Lipinski definition) is 6. The second-order valence-electron chi connectivity index (χ2n) is 5.33. The molecule has 0 aromatic heterocycles. The van der Waals surface area contributed by atoms with Crippen LogP contribution in [0.4, 0.5) is 0 Å². The van der Waals surface area contributed by atoms with Crippen LogP contribution in [0.3, 0.4) is 0 Å². The molecular formula is C17H19NO7. The number of aliphatic carboxylic acids is 2. The highest BCUT2D eigenvalue weighted by atomic mass is 16.5. The highest BCUT2D eigenvalue weighted by molar-refractivity contribution is 5.97. The fourth-order valence-electron chi connectivity index (χ4n) is 2.76. The van der Waals surface area contributed by atoms with Crippen LogP contribution in [0.5, 0.6) is 17.2 Å². The number of rotatable bonds is 6. The van der Waals surface area contributed by atoms with Crippen LogP contribution in [0.2, 0.25) is 0 Å². The predicted octanol–water partition coefficient (Wildman–Crippen LogP) is 1.68. The van der Waals surface area contributed by atoms with Crippen molar-refractivity contribution in [3.05, 3.63) is 41.2 Å². The number of nitrogens with zero attached hydrogens (tertiary/aromatic N) is 1. The Kier molecular flexibility index (Phi) is 5.21. The van der Waals surface area contributed by atoms with Crippen LogP contribution in [0.25, 0.3) is 0 Å². The zero-order valence-corrected chi connectivity index (χ0v) is 14.3. The lowest BCUT2D eigenvalue weighted by Gasteiger charge is -2.28. The molecule has 2 rings (SSSR count). The fourth-order valence-corrected chi connectivity index (χ4v) is 2.76. The normalized spacial score (nSPS) is 14.5. The van der Waals surface area contributed by atoms with E-state index in [2.05, 4.69) is 0 Å². The molecule has 0 amide bonds. The molecule has 0 aliphatic carbocycles. The summed E-state index contributed by atoms with van der Waals surface area (Å²) in [4.78, 5) is 24.8. The third-order valence-electron chi connectivity index (χ3n) is 3.85. The van der Waals surface area contributed by atoms with Crippen LogP contribution in [-0.2, 0) is 9.59 Å². The Morgan fingerprint density at radius 2 is 1.32 bits per heavy atom. The van der Waals surface area contributed by atoms with Crippen molar-refractivity contribution in [2.24, 2.45) is 0 Å². The molecule has 0 bridgehead atoms. The van der Waals surface area contributed by atoms with Crippen molar-refractivity contribution in [3.8, 4) is 17.2 Å². The first-order chi connectivity index (χ1) is 11.8. The SMILES string of the molecule is COc1cc(OC)c(C2C(C(=O)O)=CN(C)C=C2C(=O)O)cc1OC. The van der Waals surface area contributed by atoms with Crippen molar-refractivity contribution >= 4 is 11.9 Å². The molecule has 0 radical (unpaired) electrons. The van der Waals surface area contributed by atoms with Gasteiger partial charge in [-0.1, -0.05) is 0 Å². The number of hydrogen-bond donors (Lipinski definition) is 2. The third kappa shape index (κ3) is 3.37. The summed E-state index contributed by atoms with van der Waals surface area (Å²) in [6.07, 6.45) is 2.74. The lowest BCUT2D eigenvalue weighted by Crippen LogP contribution is -2.26. The van der Waals surface area contributed by atoms with E-state index in [9.17, 15) is 19.8 Å². The summed E-state index contributed by atoms with van der Waals surface area (Å²) in [5, 5.41) is 19.1. The molecule has 1 aromatic rings. The van der Waals surface area contributed by atoms with Gasteiger partial charge in [0.25, 0.3) is 0 Å². The Morgan fingerprint density at radius 1 is 0.880 bits per heavy atom. The van der Waals surface area contributed by atoms with Crippen LogP contribution in [0.1, 0.15) is 11.5 Å². The number of carboxylic acids is 2. The standard InChI is InChI=1S/C17H19NO7/c1-18-7-10(16(19)20)15(11(8-18)17(21)22)9-5-13(24-3)14(25-4)6-12(9)23-2/h5-8,15H,1-4H3,(H,19,20)(H,21,22). The summed E-state index contributed by atoms with van der Waals surface area (Å²) in [5.41, 5.74) is 0.177. The number of carboxylic acid groups (broad SMARTS) is 2. The molecule has 25 heavy (non-hydrogen) atoms. The van der Waals surface area contributed by atoms with Gasteiger partial charge in [0.15, 0.2) is 11.5 Å². The Bertz CT molecular complexity index is 735. The van der Waals surface area contributed by atoms with E-state index in [-0.39, 0.29) is 11.1 Å². The summed E-state index contributed by atoms with van der Waals surface area (Å²) in [6.45, 7) is 0. The summed E-state index contributed by atoms with van der Waals surface area (Å²) in [7, 11) is 5.87. The van der Waals surface area contributed by atoms with Crippen molar-refractivity contribution in [1.82, 2.24) is 4.90 Å². The second-order valence-corrected chi connectivity index (χ2v) is 5.33. The molecule has 0 fully saturated rings. The quantitative estimate of drug-likeness (QED) is 0.799. The van der Waals surface area contributed by atoms with Crippen molar-refractivity contribution in [3.63, 3.8) is 0 Å². The highest BCUT2D eigenvalue weighted by Crippen LogP contribution is 2.44. The van der Waals surface area contributed by atoms with Crippen molar-refractivity contribution < 1.29 is 34.0 Å². The van der Waals surface area contributed by atoms with Gasteiger partial charge < -0.3 is 29.3 Å². The maximum Gasteiger partial charge on any atom is 0.334 e.